The monoisotopic (exact) mass is 215 g/mol. The summed E-state index contributed by atoms with van der Waals surface area (Å²) in [6.45, 7) is 8.68. The van der Waals surface area contributed by atoms with Gasteiger partial charge >= 0.3 is 0 Å². The van der Waals surface area contributed by atoms with Crippen LogP contribution in [0.2, 0.25) is 0 Å². The molecule has 1 unspecified atom stereocenters. The maximum Gasteiger partial charge on any atom is 0.00767 e. The van der Waals surface area contributed by atoms with Gasteiger partial charge in [-0.2, -0.15) is 0 Å². The Morgan fingerprint density at radius 1 is 0.933 bits per heavy atom. The van der Waals surface area contributed by atoms with Crippen LogP contribution < -0.4 is 16.4 Å². The van der Waals surface area contributed by atoms with Gasteiger partial charge in [-0.05, 0) is 32.4 Å². The highest BCUT2D eigenvalue weighted by atomic mass is 14.9. The van der Waals surface area contributed by atoms with Crippen molar-refractivity contribution in [3.63, 3.8) is 0 Å². The molecule has 0 spiro atoms. The SMILES string of the molecule is CCCC(N)CCCCNCCNCC. The van der Waals surface area contributed by atoms with E-state index in [9.17, 15) is 0 Å². The lowest BCUT2D eigenvalue weighted by atomic mass is 10.1. The molecule has 3 nitrogen and oxygen atoms in total. The van der Waals surface area contributed by atoms with Gasteiger partial charge in [-0.3, -0.25) is 0 Å². The summed E-state index contributed by atoms with van der Waals surface area (Å²) in [5.74, 6) is 0. The largest absolute Gasteiger partial charge is 0.328 e. The minimum Gasteiger partial charge on any atom is -0.328 e. The normalized spacial score (nSPS) is 13.0. The molecule has 92 valence electrons. The first-order valence-electron chi connectivity index (χ1n) is 6.48. The third kappa shape index (κ3) is 11.8. The van der Waals surface area contributed by atoms with Crippen molar-refractivity contribution in [3.05, 3.63) is 0 Å². The van der Waals surface area contributed by atoms with Crippen molar-refractivity contribution in [2.75, 3.05) is 26.2 Å². The topological polar surface area (TPSA) is 50.1 Å². The molecule has 4 N–H and O–H groups in total. The third-order valence-corrected chi connectivity index (χ3v) is 2.57. The number of nitrogens with two attached hydrogens (primary N) is 1. The number of nitrogens with one attached hydrogen (secondary N) is 2. The summed E-state index contributed by atoms with van der Waals surface area (Å²) < 4.78 is 0. The van der Waals surface area contributed by atoms with Crippen LogP contribution in [0.15, 0.2) is 0 Å². The van der Waals surface area contributed by atoms with E-state index in [0.717, 1.165) is 26.2 Å². The lowest BCUT2D eigenvalue weighted by Gasteiger charge is -2.10. The van der Waals surface area contributed by atoms with Gasteiger partial charge in [0.1, 0.15) is 0 Å². The molecule has 0 aliphatic carbocycles. The quantitative estimate of drug-likeness (QED) is 0.458. The molecule has 0 saturated carbocycles. The summed E-state index contributed by atoms with van der Waals surface area (Å²) in [6.07, 6.45) is 6.08. The molecule has 0 amide bonds. The molecular formula is C12H29N3. The Morgan fingerprint density at radius 2 is 1.67 bits per heavy atom. The number of rotatable bonds is 11. The van der Waals surface area contributed by atoms with Crippen LogP contribution >= 0.6 is 0 Å². The summed E-state index contributed by atoms with van der Waals surface area (Å²) in [4.78, 5) is 0. The third-order valence-electron chi connectivity index (χ3n) is 2.57. The molecular weight excluding hydrogens is 186 g/mol. The highest BCUT2D eigenvalue weighted by Gasteiger charge is 1.99. The van der Waals surface area contributed by atoms with Crippen molar-refractivity contribution in [2.24, 2.45) is 5.73 Å². The predicted octanol–water partition coefficient (Wildman–Crippen LogP) is 1.48. The Bertz CT molecular complexity index is 117. The predicted molar refractivity (Wildman–Crippen MR) is 68.1 cm³/mol. The van der Waals surface area contributed by atoms with Crippen molar-refractivity contribution < 1.29 is 0 Å². The van der Waals surface area contributed by atoms with Crippen LogP contribution in [-0.4, -0.2) is 32.2 Å². The maximum atomic E-state index is 5.93. The molecule has 0 aromatic rings. The summed E-state index contributed by atoms with van der Waals surface area (Å²) in [7, 11) is 0. The van der Waals surface area contributed by atoms with Crippen LogP contribution in [0.25, 0.3) is 0 Å². The van der Waals surface area contributed by atoms with E-state index in [1.807, 2.05) is 0 Å². The summed E-state index contributed by atoms with van der Waals surface area (Å²) in [5.41, 5.74) is 5.93. The van der Waals surface area contributed by atoms with Crippen LogP contribution in [0.5, 0.6) is 0 Å². The molecule has 0 rings (SSSR count). The molecule has 1 atom stereocenters. The van der Waals surface area contributed by atoms with Gasteiger partial charge < -0.3 is 16.4 Å². The van der Waals surface area contributed by atoms with Crippen LogP contribution in [0.4, 0.5) is 0 Å². The molecule has 3 heteroatoms. The van der Waals surface area contributed by atoms with E-state index in [2.05, 4.69) is 24.5 Å². The van der Waals surface area contributed by atoms with Crippen LogP contribution in [0.1, 0.15) is 46.0 Å². The molecule has 15 heavy (non-hydrogen) atoms. The smallest absolute Gasteiger partial charge is 0.00767 e. The number of likely N-dealkylation sites (N-methyl/N-ethyl adjacent to an activating group) is 1. The maximum absolute atomic E-state index is 5.93. The molecule has 0 aromatic carbocycles. The van der Waals surface area contributed by atoms with Crippen molar-refractivity contribution in [2.45, 2.75) is 52.0 Å². The average Bonchev–Trinajstić information content (AvgIpc) is 2.22. The molecule has 0 aliphatic heterocycles. The van der Waals surface area contributed by atoms with Crippen molar-refractivity contribution in [1.82, 2.24) is 10.6 Å². The van der Waals surface area contributed by atoms with Crippen LogP contribution in [0.3, 0.4) is 0 Å². The zero-order valence-electron chi connectivity index (χ0n) is 10.5. The second kappa shape index (κ2) is 12.0. The Labute approximate surface area is 95.2 Å². The van der Waals surface area contributed by atoms with Crippen LogP contribution in [0, 0.1) is 0 Å². The summed E-state index contributed by atoms with van der Waals surface area (Å²) >= 11 is 0. The fraction of sp³-hybridized carbons (Fsp3) is 1.00. The molecule has 0 saturated heterocycles. The molecule has 0 aliphatic rings. The van der Waals surface area contributed by atoms with Gasteiger partial charge in [-0.25, -0.2) is 0 Å². The van der Waals surface area contributed by atoms with E-state index in [0.29, 0.717) is 6.04 Å². The Balaban J connectivity index is 2.98. The van der Waals surface area contributed by atoms with Gasteiger partial charge in [0.05, 0.1) is 0 Å². The number of hydrogen-bond acceptors (Lipinski definition) is 3. The lowest BCUT2D eigenvalue weighted by molar-refractivity contribution is 0.512. The van der Waals surface area contributed by atoms with E-state index >= 15 is 0 Å². The highest BCUT2D eigenvalue weighted by Crippen LogP contribution is 2.03. The highest BCUT2D eigenvalue weighted by molar-refractivity contribution is 4.60. The molecule has 0 bridgehead atoms. The minimum atomic E-state index is 0.428. The van der Waals surface area contributed by atoms with Gasteiger partial charge in [0.25, 0.3) is 0 Å². The number of unbranched alkanes of at least 4 members (excludes halogenated alkanes) is 1. The zero-order chi connectivity index (χ0) is 11.4. The Hall–Kier alpha value is -0.120. The second-order valence-corrected chi connectivity index (χ2v) is 4.15. The Morgan fingerprint density at radius 3 is 2.33 bits per heavy atom. The lowest BCUT2D eigenvalue weighted by Crippen LogP contribution is -2.28. The van der Waals surface area contributed by atoms with E-state index < -0.39 is 0 Å². The zero-order valence-corrected chi connectivity index (χ0v) is 10.5. The summed E-state index contributed by atoms with van der Waals surface area (Å²) in [6, 6.07) is 0.428. The minimum absolute atomic E-state index is 0.428. The van der Waals surface area contributed by atoms with E-state index in [1.54, 1.807) is 0 Å². The van der Waals surface area contributed by atoms with Crippen molar-refractivity contribution in [1.29, 1.82) is 0 Å². The fourth-order valence-corrected chi connectivity index (χ4v) is 1.65. The van der Waals surface area contributed by atoms with E-state index in [1.165, 1.54) is 32.1 Å². The van der Waals surface area contributed by atoms with E-state index in [4.69, 9.17) is 5.73 Å². The van der Waals surface area contributed by atoms with Gasteiger partial charge in [0, 0.05) is 19.1 Å². The van der Waals surface area contributed by atoms with Gasteiger partial charge in [0.2, 0.25) is 0 Å². The fourth-order valence-electron chi connectivity index (χ4n) is 1.65. The molecule has 0 fully saturated rings. The van der Waals surface area contributed by atoms with Gasteiger partial charge in [-0.1, -0.05) is 26.7 Å². The molecule has 0 heterocycles. The first kappa shape index (κ1) is 14.9. The molecule has 0 aromatic heterocycles. The van der Waals surface area contributed by atoms with Gasteiger partial charge in [0.15, 0.2) is 0 Å². The second-order valence-electron chi connectivity index (χ2n) is 4.15. The van der Waals surface area contributed by atoms with Gasteiger partial charge in [-0.15, -0.1) is 0 Å². The standard InChI is InChI=1S/C12H29N3/c1-3-7-12(13)8-5-6-9-15-11-10-14-4-2/h12,14-15H,3-11,13H2,1-2H3. The van der Waals surface area contributed by atoms with Crippen LogP contribution in [-0.2, 0) is 0 Å². The van der Waals surface area contributed by atoms with Crippen molar-refractivity contribution in [3.8, 4) is 0 Å². The molecule has 0 radical (unpaired) electrons. The average molecular weight is 215 g/mol. The first-order valence-corrected chi connectivity index (χ1v) is 6.48. The van der Waals surface area contributed by atoms with Crippen molar-refractivity contribution >= 4 is 0 Å². The number of hydrogen-bond donors (Lipinski definition) is 3. The Kier molecular flexibility index (Phi) is 11.9. The van der Waals surface area contributed by atoms with E-state index in [-0.39, 0.29) is 0 Å². The first-order chi connectivity index (χ1) is 7.31. The summed E-state index contributed by atoms with van der Waals surface area (Å²) in [5, 5.41) is 6.71.